The summed E-state index contributed by atoms with van der Waals surface area (Å²) in [6, 6.07) is 0. The Balaban J connectivity index is 2.41. The monoisotopic (exact) mass is 159 g/mol. The smallest absolute Gasteiger partial charge is 0.0166 e. The average Bonchev–Trinajstić information content (AvgIpc) is 2.05. The van der Waals surface area contributed by atoms with Crippen molar-refractivity contribution in [3.8, 4) is 0 Å². The van der Waals surface area contributed by atoms with Gasteiger partial charge in [0.1, 0.15) is 0 Å². The summed E-state index contributed by atoms with van der Waals surface area (Å²) in [5, 5.41) is 0. The maximum atomic E-state index is 3.22. The predicted octanol–water partition coefficient (Wildman–Crippen LogP) is 3.59. The molecule has 0 saturated carbocycles. The van der Waals surface area contributed by atoms with Crippen LogP contribution in [0.1, 0.15) is 25.7 Å². The molecule has 12 heavy (non-hydrogen) atoms. The lowest BCUT2D eigenvalue weighted by Crippen LogP contribution is -1.68. The van der Waals surface area contributed by atoms with Crippen LogP contribution in [0.5, 0.6) is 0 Å². The van der Waals surface area contributed by atoms with Crippen molar-refractivity contribution < 1.29 is 0 Å². The molecule has 0 nitrogen and oxygen atoms in total. The molecule has 1 aliphatic carbocycles. The second-order valence-corrected chi connectivity index (χ2v) is 2.75. The van der Waals surface area contributed by atoms with Gasteiger partial charge in [0.15, 0.2) is 0 Å². The topological polar surface area (TPSA) is 0 Å². The molecule has 0 aliphatic heterocycles. The molecule has 0 N–H and O–H groups in total. The van der Waals surface area contributed by atoms with E-state index in [4.69, 9.17) is 0 Å². The number of allylic oxidation sites excluding steroid dienone is 8. The molecule has 0 bridgehead atoms. The summed E-state index contributed by atoms with van der Waals surface area (Å²) in [7, 11) is 0. The fourth-order valence-corrected chi connectivity index (χ4v) is 1.03. The van der Waals surface area contributed by atoms with Crippen molar-refractivity contribution >= 4 is 0 Å². The van der Waals surface area contributed by atoms with Crippen molar-refractivity contribution in [1.82, 2.24) is 0 Å². The van der Waals surface area contributed by atoms with Gasteiger partial charge in [-0.05, 0) is 31.8 Å². The highest BCUT2D eigenvalue weighted by Gasteiger charge is 1.78. The molecule has 1 rings (SSSR count). The molecule has 0 aromatic carbocycles. The van der Waals surface area contributed by atoms with E-state index in [9.17, 15) is 0 Å². The molecular formula is C12H15. The van der Waals surface area contributed by atoms with E-state index >= 15 is 0 Å². The zero-order valence-electron chi connectivity index (χ0n) is 7.37. The third-order valence-corrected chi connectivity index (χ3v) is 1.68. The molecule has 0 aromatic rings. The lowest BCUT2D eigenvalue weighted by atomic mass is 10.2. The largest absolute Gasteiger partial charge is 0.0879 e. The minimum Gasteiger partial charge on any atom is -0.0879 e. The first-order valence-electron chi connectivity index (χ1n) is 4.52. The first-order chi connectivity index (χ1) is 6.00. The van der Waals surface area contributed by atoms with Gasteiger partial charge in [-0.1, -0.05) is 42.5 Å². The Hall–Kier alpha value is -1.04. The first kappa shape index (κ1) is 9.05. The van der Waals surface area contributed by atoms with Crippen LogP contribution in [0.25, 0.3) is 0 Å². The van der Waals surface area contributed by atoms with Crippen LogP contribution < -0.4 is 0 Å². The molecule has 0 unspecified atom stereocenters. The van der Waals surface area contributed by atoms with Crippen molar-refractivity contribution in [2.45, 2.75) is 25.7 Å². The van der Waals surface area contributed by atoms with Gasteiger partial charge in [0.25, 0.3) is 0 Å². The second kappa shape index (κ2) is 6.66. The maximum absolute atomic E-state index is 3.22. The molecular weight excluding hydrogens is 144 g/mol. The van der Waals surface area contributed by atoms with E-state index in [0.717, 1.165) is 25.7 Å². The third-order valence-electron chi connectivity index (χ3n) is 1.68. The van der Waals surface area contributed by atoms with Crippen LogP contribution in [0.2, 0.25) is 0 Å². The van der Waals surface area contributed by atoms with Crippen molar-refractivity contribution in [3.05, 3.63) is 48.6 Å². The van der Waals surface area contributed by atoms with Crippen LogP contribution in [0.4, 0.5) is 0 Å². The summed E-state index contributed by atoms with van der Waals surface area (Å²) < 4.78 is 0. The predicted molar refractivity (Wildman–Crippen MR) is 53.7 cm³/mol. The van der Waals surface area contributed by atoms with Crippen molar-refractivity contribution in [3.63, 3.8) is 0 Å². The molecule has 0 aromatic heterocycles. The van der Waals surface area contributed by atoms with Gasteiger partial charge in [0.05, 0.1) is 0 Å². The van der Waals surface area contributed by atoms with Crippen LogP contribution >= 0.6 is 0 Å². The number of hydrogen-bond donors (Lipinski definition) is 0. The minimum atomic E-state index is 1.03. The number of hydrogen-bond acceptors (Lipinski definition) is 0. The molecule has 0 fully saturated rings. The van der Waals surface area contributed by atoms with Crippen LogP contribution in [-0.4, -0.2) is 0 Å². The Morgan fingerprint density at radius 1 is 0.833 bits per heavy atom. The highest BCUT2D eigenvalue weighted by molar-refractivity contribution is 5.04. The lowest BCUT2D eigenvalue weighted by molar-refractivity contribution is 1.02. The standard InChI is InChI=1S/C12H15/c1-2-4-6-8-10-12-11-9-7-5-3-1/h1-3,6,8,11-12H,4,7,9-10H2/b2-1+,5-3?,8-6+,12-11-. The molecule has 0 heteroatoms. The van der Waals surface area contributed by atoms with E-state index in [0.29, 0.717) is 0 Å². The molecule has 63 valence electrons. The molecule has 0 atom stereocenters. The summed E-state index contributed by atoms with van der Waals surface area (Å²) in [4.78, 5) is 0. The third kappa shape index (κ3) is 4.73. The van der Waals surface area contributed by atoms with Gasteiger partial charge in [-0.3, -0.25) is 0 Å². The molecule has 0 saturated heterocycles. The maximum Gasteiger partial charge on any atom is -0.0166 e. The van der Waals surface area contributed by atoms with Gasteiger partial charge in [-0.25, -0.2) is 0 Å². The Morgan fingerprint density at radius 3 is 2.50 bits per heavy atom. The van der Waals surface area contributed by atoms with Gasteiger partial charge in [-0.15, -0.1) is 0 Å². The normalized spacial score (nSPS) is 29.3. The highest BCUT2D eigenvalue weighted by atomic mass is 13.8. The Labute approximate surface area is 75.0 Å². The van der Waals surface area contributed by atoms with E-state index in [1.54, 1.807) is 0 Å². The Kier molecular flexibility index (Phi) is 5.02. The van der Waals surface area contributed by atoms with E-state index in [-0.39, 0.29) is 0 Å². The fraction of sp³-hybridized carbons (Fsp3) is 0.333. The summed E-state index contributed by atoms with van der Waals surface area (Å²) >= 11 is 0. The van der Waals surface area contributed by atoms with E-state index < -0.39 is 0 Å². The van der Waals surface area contributed by atoms with Gasteiger partial charge < -0.3 is 0 Å². The molecule has 1 radical (unpaired) electrons. The van der Waals surface area contributed by atoms with Crippen LogP contribution in [0.3, 0.4) is 0 Å². The first-order valence-corrected chi connectivity index (χ1v) is 4.52. The molecule has 1 aliphatic rings. The van der Waals surface area contributed by atoms with E-state index in [2.05, 4.69) is 42.5 Å². The SMILES string of the molecule is [C]1=C\C=C\C/C=C/C/C=C\CC/1. The second-order valence-electron chi connectivity index (χ2n) is 2.75. The quantitative estimate of drug-likeness (QED) is 0.474. The summed E-state index contributed by atoms with van der Waals surface area (Å²) in [5.41, 5.74) is 0. The minimum absolute atomic E-state index is 1.03. The van der Waals surface area contributed by atoms with Crippen LogP contribution in [0.15, 0.2) is 42.5 Å². The van der Waals surface area contributed by atoms with Crippen LogP contribution in [0, 0.1) is 6.08 Å². The van der Waals surface area contributed by atoms with E-state index in [1.807, 2.05) is 6.08 Å². The van der Waals surface area contributed by atoms with Crippen LogP contribution in [-0.2, 0) is 0 Å². The lowest BCUT2D eigenvalue weighted by Gasteiger charge is -1.87. The van der Waals surface area contributed by atoms with Crippen molar-refractivity contribution in [2.24, 2.45) is 0 Å². The van der Waals surface area contributed by atoms with Gasteiger partial charge in [-0.2, -0.15) is 0 Å². The fourth-order valence-electron chi connectivity index (χ4n) is 1.03. The summed E-state index contributed by atoms with van der Waals surface area (Å²) in [6.45, 7) is 0. The Bertz CT molecular complexity index is 204. The molecule has 0 spiro atoms. The molecule has 0 heterocycles. The van der Waals surface area contributed by atoms with Gasteiger partial charge in [0.2, 0.25) is 0 Å². The van der Waals surface area contributed by atoms with Crippen molar-refractivity contribution in [2.75, 3.05) is 0 Å². The highest BCUT2D eigenvalue weighted by Crippen LogP contribution is 1.97. The zero-order valence-corrected chi connectivity index (χ0v) is 7.37. The summed E-state index contributed by atoms with van der Waals surface area (Å²) in [6.07, 6.45) is 22.5. The average molecular weight is 159 g/mol. The Morgan fingerprint density at radius 2 is 1.58 bits per heavy atom. The van der Waals surface area contributed by atoms with E-state index in [1.165, 1.54) is 0 Å². The van der Waals surface area contributed by atoms with Crippen molar-refractivity contribution in [1.29, 1.82) is 0 Å². The molecule has 0 amide bonds. The number of rotatable bonds is 0. The van der Waals surface area contributed by atoms with Gasteiger partial charge >= 0.3 is 0 Å². The summed E-state index contributed by atoms with van der Waals surface area (Å²) in [5.74, 6) is 0. The van der Waals surface area contributed by atoms with Gasteiger partial charge in [0, 0.05) is 0 Å². The zero-order chi connectivity index (χ0) is 8.49.